The van der Waals surface area contributed by atoms with Crippen molar-refractivity contribution in [3.8, 4) is 0 Å². The van der Waals surface area contributed by atoms with E-state index in [-0.39, 0.29) is 49.2 Å². The Morgan fingerprint density at radius 1 is 0.917 bits per heavy atom. The first-order valence-corrected chi connectivity index (χ1v) is 14.1. The van der Waals surface area contributed by atoms with Crippen LogP contribution < -0.4 is 0 Å². The van der Waals surface area contributed by atoms with E-state index in [1.165, 1.54) is 10.4 Å². The highest BCUT2D eigenvalue weighted by molar-refractivity contribution is 7.89. The van der Waals surface area contributed by atoms with Gasteiger partial charge >= 0.3 is 6.18 Å². The fourth-order valence-corrected chi connectivity index (χ4v) is 7.06. The summed E-state index contributed by atoms with van der Waals surface area (Å²) in [6, 6.07) is 7.31. The van der Waals surface area contributed by atoms with Crippen molar-refractivity contribution < 1.29 is 26.7 Å². The molecule has 0 aliphatic carbocycles. The number of sulfonamides is 1. The molecule has 1 saturated heterocycles. The third-order valence-corrected chi connectivity index (χ3v) is 9.40. The highest BCUT2D eigenvalue weighted by Gasteiger charge is 2.42. The van der Waals surface area contributed by atoms with Gasteiger partial charge in [-0.05, 0) is 65.0 Å². The Bertz CT molecular complexity index is 1190. The molecule has 1 heterocycles. The number of aliphatic hydroxyl groups is 1. The molecule has 200 valence electrons. The predicted octanol–water partition coefficient (Wildman–Crippen LogP) is 7.40. The first-order chi connectivity index (χ1) is 16.5. The van der Waals surface area contributed by atoms with Crippen LogP contribution in [0.5, 0.6) is 0 Å². The van der Waals surface area contributed by atoms with Gasteiger partial charge in [0.25, 0.3) is 0 Å². The minimum Gasteiger partial charge on any atom is -0.385 e. The van der Waals surface area contributed by atoms with Crippen molar-refractivity contribution in [1.29, 1.82) is 0 Å². The van der Waals surface area contributed by atoms with Crippen LogP contribution in [0.1, 0.15) is 100.0 Å². The summed E-state index contributed by atoms with van der Waals surface area (Å²) >= 11 is 5.74. The van der Waals surface area contributed by atoms with Crippen molar-refractivity contribution in [2.75, 3.05) is 13.1 Å². The molecule has 1 fully saturated rings. The molecular weight excluding hydrogens is 511 g/mol. The Morgan fingerprint density at radius 3 is 1.83 bits per heavy atom. The van der Waals surface area contributed by atoms with E-state index in [9.17, 15) is 26.7 Å². The summed E-state index contributed by atoms with van der Waals surface area (Å²) in [7, 11) is -3.91. The second-order valence-electron chi connectivity index (χ2n) is 10.6. The summed E-state index contributed by atoms with van der Waals surface area (Å²) in [6.07, 6.45) is -4.71. The number of benzene rings is 2. The van der Waals surface area contributed by atoms with E-state index in [0.29, 0.717) is 4.90 Å². The van der Waals surface area contributed by atoms with E-state index in [1.807, 2.05) is 39.8 Å². The summed E-state index contributed by atoms with van der Waals surface area (Å²) in [6.45, 7) is 12.0. The quantitative estimate of drug-likeness (QED) is 0.411. The molecule has 4 nitrogen and oxygen atoms in total. The SMILES string of the molecule is CC(C)c1cc(C(C)C)c(S(=O)(=O)N2CCC(O)(c3ccc(Cl)c(C(F)(F)F)c3)CC2)c(C(C)C)c1. The summed E-state index contributed by atoms with van der Waals surface area (Å²) < 4.78 is 69.4. The molecule has 2 aromatic rings. The standard InChI is InChI=1S/C27H35ClF3NO3S/c1-16(2)19-13-21(17(3)4)25(22(14-19)18(5)6)36(34,35)32-11-9-26(33,10-12-32)20-7-8-24(28)23(15-20)27(29,30)31/h7-8,13-18,33H,9-12H2,1-6H3. The summed E-state index contributed by atoms with van der Waals surface area (Å²) in [4.78, 5) is 0.313. The molecule has 1 aliphatic heterocycles. The molecule has 1 N–H and O–H groups in total. The van der Waals surface area contributed by atoms with Gasteiger partial charge in [-0.15, -0.1) is 0 Å². The lowest BCUT2D eigenvalue weighted by Gasteiger charge is -2.39. The van der Waals surface area contributed by atoms with E-state index >= 15 is 0 Å². The number of nitrogens with zero attached hydrogens (tertiary/aromatic N) is 1. The van der Waals surface area contributed by atoms with Gasteiger partial charge in [0.2, 0.25) is 10.0 Å². The number of hydrogen-bond acceptors (Lipinski definition) is 3. The van der Waals surface area contributed by atoms with Crippen molar-refractivity contribution in [2.24, 2.45) is 0 Å². The topological polar surface area (TPSA) is 57.6 Å². The van der Waals surface area contributed by atoms with Gasteiger partial charge in [-0.3, -0.25) is 0 Å². The third kappa shape index (κ3) is 5.62. The Hall–Kier alpha value is -1.61. The van der Waals surface area contributed by atoms with Gasteiger partial charge in [-0.25, -0.2) is 8.42 Å². The fourth-order valence-electron chi connectivity index (χ4n) is 4.73. The maximum atomic E-state index is 14.0. The van der Waals surface area contributed by atoms with Gasteiger partial charge in [0.1, 0.15) is 0 Å². The van der Waals surface area contributed by atoms with Crippen molar-refractivity contribution in [1.82, 2.24) is 4.31 Å². The normalized spacial score (nSPS) is 17.4. The summed E-state index contributed by atoms with van der Waals surface area (Å²) in [5.41, 5.74) is 0.0933. The zero-order valence-corrected chi connectivity index (χ0v) is 23.2. The van der Waals surface area contributed by atoms with Gasteiger partial charge in [0.15, 0.2) is 0 Å². The second kappa shape index (κ2) is 10.3. The number of piperidine rings is 1. The largest absolute Gasteiger partial charge is 0.417 e. The van der Waals surface area contributed by atoms with Gasteiger partial charge in [-0.2, -0.15) is 17.5 Å². The first-order valence-electron chi connectivity index (χ1n) is 12.3. The molecule has 0 bridgehead atoms. The van der Waals surface area contributed by atoms with E-state index in [2.05, 4.69) is 13.8 Å². The van der Waals surface area contributed by atoms with E-state index in [1.54, 1.807) is 0 Å². The van der Waals surface area contributed by atoms with Crippen molar-refractivity contribution >= 4 is 21.6 Å². The fraction of sp³-hybridized carbons (Fsp3) is 0.556. The monoisotopic (exact) mass is 545 g/mol. The molecule has 9 heteroatoms. The first kappa shape index (κ1) is 29.0. The van der Waals surface area contributed by atoms with Crippen LogP contribution in [-0.2, 0) is 21.8 Å². The lowest BCUT2D eigenvalue weighted by atomic mass is 9.84. The number of hydrogen-bond donors (Lipinski definition) is 1. The minimum absolute atomic E-state index is 0.0101. The van der Waals surface area contributed by atoms with Gasteiger partial charge < -0.3 is 5.11 Å². The lowest BCUT2D eigenvalue weighted by Crippen LogP contribution is -2.45. The molecule has 0 unspecified atom stereocenters. The van der Waals surface area contributed by atoms with Crippen LogP contribution in [-0.4, -0.2) is 30.9 Å². The molecule has 2 aromatic carbocycles. The van der Waals surface area contributed by atoms with Crippen LogP contribution in [0.4, 0.5) is 13.2 Å². The molecule has 0 radical (unpaired) electrons. The average Bonchev–Trinajstić information content (AvgIpc) is 2.77. The van der Waals surface area contributed by atoms with Crippen LogP contribution in [0.3, 0.4) is 0 Å². The number of alkyl halides is 3. The second-order valence-corrected chi connectivity index (χ2v) is 12.9. The Kier molecular flexibility index (Phi) is 8.26. The summed E-state index contributed by atoms with van der Waals surface area (Å²) in [5, 5.41) is 10.8. The van der Waals surface area contributed by atoms with E-state index in [0.717, 1.165) is 28.8 Å². The highest BCUT2D eigenvalue weighted by Crippen LogP contribution is 2.42. The van der Waals surface area contributed by atoms with Crippen molar-refractivity contribution in [3.63, 3.8) is 0 Å². The number of rotatable bonds is 6. The maximum Gasteiger partial charge on any atom is 0.417 e. The summed E-state index contributed by atoms with van der Waals surface area (Å²) in [5.74, 6) is 0.188. The average molecular weight is 546 g/mol. The molecule has 0 spiro atoms. The maximum absolute atomic E-state index is 14.0. The molecule has 0 atom stereocenters. The van der Waals surface area contributed by atoms with Gasteiger partial charge in [0.05, 0.1) is 21.1 Å². The van der Waals surface area contributed by atoms with Gasteiger partial charge in [0, 0.05) is 13.1 Å². The molecular formula is C27H35ClF3NO3S. The molecule has 1 aliphatic rings. The van der Waals surface area contributed by atoms with Gasteiger partial charge in [-0.1, -0.05) is 71.3 Å². The van der Waals surface area contributed by atoms with Crippen molar-refractivity contribution in [3.05, 3.63) is 63.2 Å². The minimum atomic E-state index is -4.66. The van der Waals surface area contributed by atoms with E-state index in [4.69, 9.17) is 11.6 Å². The molecule has 0 aromatic heterocycles. The van der Waals surface area contributed by atoms with Crippen LogP contribution in [0, 0.1) is 0 Å². The zero-order chi connectivity index (χ0) is 27.2. The Balaban J connectivity index is 1.99. The lowest BCUT2D eigenvalue weighted by molar-refractivity contribution is -0.137. The zero-order valence-electron chi connectivity index (χ0n) is 21.6. The Labute approximate surface area is 217 Å². The van der Waals surface area contributed by atoms with E-state index < -0.39 is 32.4 Å². The Morgan fingerprint density at radius 2 is 1.42 bits per heavy atom. The van der Waals surface area contributed by atoms with Crippen LogP contribution >= 0.6 is 11.6 Å². The van der Waals surface area contributed by atoms with Crippen LogP contribution in [0.25, 0.3) is 0 Å². The smallest absolute Gasteiger partial charge is 0.385 e. The molecule has 0 saturated carbocycles. The number of halogens is 4. The predicted molar refractivity (Wildman–Crippen MR) is 137 cm³/mol. The van der Waals surface area contributed by atoms with Crippen LogP contribution in [0.15, 0.2) is 35.2 Å². The molecule has 3 rings (SSSR count). The van der Waals surface area contributed by atoms with Crippen LogP contribution in [0.2, 0.25) is 5.02 Å². The molecule has 36 heavy (non-hydrogen) atoms. The van der Waals surface area contributed by atoms with Crippen molar-refractivity contribution in [2.45, 2.75) is 88.8 Å². The third-order valence-electron chi connectivity index (χ3n) is 7.04. The highest BCUT2D eigenvalue weighted by atomic mass is 35.5. The molecule has 0 amide bonds.